The maximum atomic E-state index is 13.4. The van der Waals surface area contributed by atoms with Crippen LogP contribution in [0.15, 0.2) is 109 Å². The first-order valence-corrected chi connectivity index (χ1v) is 14.8. The molecule has 0 radical (unpaired) electrons. The highest BCUT2D eigenvalue weighted by atomic mass is 16.2. The average molecular weight is 530 g/mol. The third-order valence-corrected chi connectivity index (χ3v) is 8.59. The molecule has 1 amide bonds. The lowest BCUT2D eigenvalue weighted by atomic mass is 9.87. The molecule has 4 aromatic rings. The first kappa shape index (κ1) is 26.3. The molecule has 0 aliphatic carbocycles. The van der Waals surface area contributed by atoms with Crippen LogP contribution in [0.2, 0.25) is 0 Å². The molecule has 4 aromatic carbocycles. The van der Waals surface area contributed by atoms with Crippen molar-refractivity contribution in [2.75, 3.05) is 44.2 Å². The van der Waals surface area contributed by atoms with Crippen molar-refractivity contribution in [3.8, 4) is 0 Å². The summed E-state index contributed by atoms with van der Waals surface area (Å²) in [6, 6.07) is 38.7. The van der Waals surface area contributed by atoms with E-state index in [2.05, 4.69) is 101 Å². The molecule has 4 heteroatoms. The lowest BCUT2D eigenvalue weighted by Crippen LogP contribution is -2.46. The molecule has 6 rings (SSSR count). The lowest BCUT2D eigenvalue weighted by Gasteiger charge is -2.37. The summed E-state index contributed by atoms with van der Waals surface area (Å²) in [6.07, 6.45) is 3.26. The second-order valence-electron chi connectivity index (χ2n) is 11.1. The van der Waals surface area contributed by atoms with E-state index in [1.54, 1.807) is 0 Å². The Labute approximate surface area is 238 Å². The second-order valence-corrected chi connectivity index (χ2v) is 11.1. The molecule has 2 aliphatic heterocycles. The predicted octanol–water partition coefficient (Wildman–Crippen LogP) is 6.62. The van der Waals surface area contributed by atoms with Crippen LogP contribution < -0.4 is 4.90 Å². The average Bonchev–Trinajstić information content (AvgIpc) is 3.02. The second kappa shape index (κ2) is 12.5. The standard InChI is InChI=1S/C36H39N3O/c40-36-35-27-33(19-18-32(35)20-22-39(36)28-29-11-4-1-5-12-29)38-25-23-37(24-26-38)21-10-17-34(30-13-6-2-7-14-30)31-15-8-3-9-16-31/h1-9,11-16,18-19,27,34H,10,17,20-26,28H2. The number of amides is 1. The number of piperazine rings is 1. The predicted molar refractivity (Wildman–Crippen MR) is 164 cm³/mol. The summed E-state index contributed by atoms with van der Waals surface area (Å²) in [6.45, 7) is 6.72. The van der Waals surface area contributed by atoms with Gasteiger partial charge in [0.05, 0.1) is 0 Å². The van der Waals surface area contributed by atoms with E-state index in [0.717, 1.165) is 57.7 Å². The van der Waals surface area contributed by atoms with Crippen LogP contribution in [0.25, 0.3) is 0 Å². The first-order valence-electron chi connectivity index (χ1n) is 14.8. The number of anilines is 1. The molecular formula is C36H39N3O. The zero-order valence-electron chi connectivity index (χ0n) is 23.3. The van der Waals surface area contributed by atoms with Gasteiger partial charge in [0.15, 0.2) is 0 Å². The molecule has 0 bridgehead atoms. The first-order chi connectivity index (χ1) is 19.7. The smallest absolute Gasteiger partial charge is 0.254 e. The van der Waals surface area contributed by atoms with E-state index in [1.807, 2.05) is 23.1 Å². The Bertz CT molecular complexity index is 1340. The van der Waals surface area contributed by atoms with E-state index >= 15 is 0 Å². The van der Waals surface area contributed by atoms with Gasteiger partial charge in [-0.25, -0.2) is 0 Å². The van der Waals surface area contributed by atoms with Crippen LogP contribution >= 0.6 is 0 Å². The molecule has 1 saturated heterocycles. The fourth-order valence-corrected chi connectivity index (χ4v) is 6.31. The van der Waals surface area contributed by atoms with Crippen molar-refractivity contribution in [1.82, 2.24) is 9.80 Å². The minimum atomic E-state index is 0.164. The zero-order valence-corrected chi connectivity index (χ0v) is 23.3. The Kier molecular flexibility index (Phi) is 8.25. The molecule has 1 fully saturated rings. The Morgan fingerprint density at radius 3 is 1.95 bits per heavy atom. The maximum Gasteiger partial charge on any atom is 0.254 e. The largest absolute Gasteiger partial charge is 0.369 e. The van der Waals surface area contributed by atoms with Gasteiger partial charge < -0.3 is 9.80 Å². The van der Waals surface area contributed by atoms with Gasteiger partial charge >= 0.3 is 0 Å². The van der Waals surface area contributed by atoms with Gasteiger partial charge in [-0.05, 0) is 60.2 Å². The van der Waals surface area contributed by atoms with Gasteiger partial charge in [0.1, 0.15) is 0 Å². The van der Waals surface area contributed by atoms with Crippen LogP contribution in [0, 0.1) is 0 Å². The molecule has 0 aromatic heterocycles. The van der Waals surface area contributed by atoms with E-state index in [0.29, 0.717) is 12.5 Å². The fraction of sp³-hybridized carbons (Fsp3) is 0.306. The number of hydrogen-bond acceptors (Lipinski definition) is 3. The summed E-state index contributed by atoms with van der Waals surface area (Å²) < 4.78 is 0. The fourth-order valence-electron chi connectivity index (χ4n) is 6.31. The van der Waals surface area contributed by atoms with Gasteiger partial charge in [0.25, 0.3) is 5.91 Å². The molecule has 0 N–H and O–H groups in total. The lowest BCUT2D eigenvalue weighted by molar-refractivity contribution is 0.0727. The van der Waals surface area contributed by atoms with Crippen LogP contribution in [0.4, 0.5) is 5.69 Å². The van der Waals surface area contributed by atoms with E-state index < -0.39 is 0 Å². The number of hydrogen-bond donors (Lipinski definition) is 0. The van der Waals surface area contributed by atoms with Crippen molar-refractivity contribution >= 4 is 11.6 Å². The van der Waals surface area contributed by atoms with Crippen molar-refractivity contribution in [2.45, 2.75) is 31.7 Å². The Morgan fingerprint density at radius 1 is 0.675 bits per heavy atom. The van der Waals surface area contributed by atoms with Gasteiger partial charge in [0.2, 0.25) is 0 Å². The van der Waals surface area contributed by atoms with Crippen molar-refractivity contribution in [2.24, 2.45) is 0 Å². The van der Waals surface area contributed by atoms with Crippen molar-refractivity contribution in [3.05, 3.63) is 137 Å². The van der Waals surface area contributed by atoms with Crippen LogP contribution in [0.3, 0.4) is 0 Å². The molecule has 0 saturated carbocycles. The number of nitrogens with zero attached hydrogens (tertiary/aromatic N) is 3. The van der Waals surface area contributed by atoms with Gasteiger partial charge in [0, 0.05) is 56.4 Å². The van der Waals surface area contributed by atoms with Crippen molar-refractivity contribution in [1.29, 1.82) is 0 Å². The monoisotopic (exact) mass is 529 g/mol. The third kappa shape index (κ3) is 6.13. The van der Waals surface area contributed by atoms with Gasteiger partial charge in [-0.15, -0.1) is 0 Å². The summed E-state index contributed by atoms with van der Waals surface area (Å²) in [5.41, 5.74) is 7.25. The van der Waals surface area contributed by atoms with E-state index in [4.69, 9.17) is 0 Å². The Balaban J connectivity index is 1.03. The number of carbonyl (C=O) groups excluding carboxylic acids is 1. The normalized spacial score (nSPS) is 15.9. The summed E-state index contributed by atoms with van der Waals surface area (Å²) in [7, 11) is 0. The highest BCUT2D eigenvalue weighted by Gasteiger charge is 2.26. The minimum absolute atomic E-state index is 0.164. The quantitative estimate of drug-likeness (QED) is 0.244. The van der Waals surface area contributed by atoms with Crippen molar-refractivity contribution in [3.63, 3.8) is 0 Å². The van der Waals surface area contributed by atoms with Gasteiger partial charge in [-0.3, -0.25) is 9.69 Å². The molecule has 0 atom stereocenters. The number of benzene rings is 4. The highest BCUT2D eigenvalue weighted by Crippen LogP contribution is 2.30. The van der Waals surface area contributed by atoms with E-state index in [1.165, 1.54) is 34.4 Å². The maximum absolute atomic E-state index is 13.4. The summed E-state index contributed by atoms with van der Waals surface area (Å²) >= 11 is 0. The number of rotatable bonds is 9. The SMILES string of the molecule is O=C1c2cc(N3CCN(CCCC(c4ccccc4)c4ccccc4)CC3)ccc2CCN1Cc1ccccc1. The summed E-state index contributed by atoms with van der Waals surface area (Å²) in [4.78, 5) is 20.4. The molecule has 40 heavy (non-hydrogen) atoms. The molecular weight excluding hydrogens is 490 g/mol. The summed E-state index contributed by atoms with van der Waals surface area (Å²) in [5, 5.41) is 0. The van der Waals surface area contributed by atoms with E-state index in [9.17, 15) is 4.79 Å². The molecule has 0 spiro atoms. The topological polar surface area (TPSA) is 26.8 Å². The van der Waals surface area contributed by atoms with Crippen LogP contribution in [0.5, 0.6) is 0 Å². The minimum Gasteiger partial charge on any atom is -0.369 e. The van der Waals surface area contributed by atoms with Crippen molar-refractivity contribution < 1.29 is 4.79 Å². The third-order valence-electron chi connectivity index (χ3n) is 8.59. The van der Waals surface area contributed by atoms with Crippen LogP contribution in [-0.2, 0) is 13.0 Å². The number of fused-ring (bicyclic) bond motifs is 1. The Hall–Kier alpha value is -3.89. The Morgan fingerprint density at radius 2 is 1.30 bits per heavy atom. The molecule has 204 valence electrons. The molecule has 2 heterocycles. The number of carbonyl (C=O) groups is 1. The van der Waals surface area contributed by atoms with Gasteiger partial charge in [-0.2, -0.15) is 0 Å². The van der Waals surface area contributed by atoms with Gasteiger partial charge in [-0.1, -0.05) is 97.1 Å². The molecule has 0 unspecified atom stereocenters. The zero-order chi connectivity index (χ0) is 27.1. The summed E-state index contributed by atoms with van der Waals surface area (Å²) in [5.74, 6) is 0.607. The highest BCUT2D eigenvalue weighted by molar-refractivity contribution is 5.97. The van der Waals surface area contributed by atoms with Crippen LogP contribution in [0.1, 0.15) is 51.4 Å². The molecule has 4 nitrogen and oxygen atoms in total. The van der Waals surface area contributed by atoms with E-state index in [-0.39, 0.29) is 5.91 Å². The van der Waals surface area contributed by atoms with Crippen LogP contribution in [-0.4, -0.2) is 55.0 Å². The molecule has 2 aliphatic rings.